The van der Waals surface area contributed by atoms with Crippen molar-refractivity contribution in [2.75, 3.05) is 18.4 Å². The third-order valence-electron chi connectivity index (χ3n) is 6.11. The minimum Gasteiger partial charge on any atom is -0.331 e. The summed E-state index contributed by atoms with van der Waals surface area (Å²) in [6, 6.07) is 12.7. The molecule has 0 bridgehead atoms. The maximum atomic E-state index is 12.6. The zero-order chi connectivity index (χ0) is 24.2. The number of likely N-dealkylation sites (tertiary alicyclic amines) is 1. The Balaban J connectivity index is 1.43. The van der Waals surface area contributed by atoms with E-state index in [1.54, 1.807) is 49.8 Å². The molecule has 1 unspecified atom stereocenters. The lowest BCUT2D eigenvalue weighted by Crippen LogP contribution is -2.38. The normalized spacial score (nSPS) is 15.3. The molecule has 0 radical (unpaired) electrons. The van der Waals surface area contributed by atoms with Crippen LogP contribution in [0, 0.1) is 11.8 Å². The molecule has 35 heavy (non-hydrogen) atoms. The Bertz CT molecular complexity index is 1430. The number of imidazole rings is 1. The summed E-state index contributed by atoms with van der Waals surface area (Å²) in [4.78, 5) is 40.2. The van der Waals surface area contributed by atoms with Gasteiger partial charge in [0, 0.05) is 48.7 Å². The number of amides is 2. The van der Waals surface area contributed by atoms with Crippen LogP contribution in [0.3, 0.4) is 0 Å². The van der Waals surface area contributed by atoms with Gasteiger partial charge in [-0.25, -0.2) is 9.97 Å². The molecule has 174 valence electrons. The minimum absolute atomic E-state index is 0.0958. The second kappa shape index (κ2) is 9.77. The summed E-state index contributed by atoms with van der Waals surface area (Å²) in [5.74, 6) is 6.48. The minimum atomic E-state index is -0.227. The summed E-state index contributed by atoms with van der Waals surface area (Å²) in [5.41, 5.74) is 3.09. The molecule has 1 saturated heterocycles. The molecule has 1 aromatic carbocycles. The quantitative estimate of drug-likeness (QED) is 0.464. The summed E-state index contributed by atoms with van der Waals surface area (Å²) >= 11 is 0. The van der Waals surface area contributed by atoms with Crippen molar-refractivity contribution in [3.63, 3.8) is 0 Å². The van der Waals surface area contributed by atoms with Gasteiger partial charge < -0.3 is 10.2 Å². The van der Waals surface area contributed by atoms with Crippen molar-refractivity contribution in [3.05, 3.63) is 78.6 Å². The van der Waals surface area contributed by atoms with Crippen molar-refractivity contribution in [2.24, 2.45) is 0 Å². The zero-order valence-corrected chi connectivity index (χ0v) is 19.3. The van der Waals surface area contributed by atoms with Gasteiger partial charge in [-0.15, -0.1) is 0 Å². The lowest BCUT2D eigenvalue weighted by atomic mass is 9.97. The van der Waals surface area contributed by atoms with Gasteiger partial charge in [0.05, 0.1) is 17.4 Å². The van der Waals surface area contributed by atoms with Gasteiger partial charge >= 0.3 is 0 Å². The van der Waals surface area contributed by atoms with E-state index < -0.39 is 0 Å². The highest BCUT2D eigenvalue weighted by Crippen LogP contribution is 2.32. The van der Waals surface area contributed by atoms with Crippen LogP contribution in [0.4, 0.5) is 5.82 Å². The number of fused-ring (bicyclic) bond motifs is 1. The Morgan fingerprint density at radius 1 is 1.11 bits per heavy atom. The van der Waals surface area contributed by atoms with Crippen molar-refractivity contribution >= 4 is 23.1 Å². The average Bonchev–Trinajstić information content (AvgIpc) is 3.29. The lowest BCUT2D eigenvalue weighted by molar-refractivity contribution is -0.126. The number of rotatable bonds is 4. The van der Waals surface area contributed by atoms with E-state index in [2.05, 4.69) is 27.1 Å². The third kappa shape index (κ3) is 4.62. The molecule has 1 aliphatic heterocycles. The van der Waals surface area contributed by atoms with E-state index in [0.29, 0.717) is 24.5 Å². The van der Waals surface area contributed by atoms with E-state index in [1.807, 2.05) is 33.7 Å². The number of carbonyl (C=O) groups excluding carboxylic acids is 2. The van der Waals surface area contributed by atoms with Crippen molar-refractivity contribution in [1.29, 1.82) is 0 Å². The number of aromatic nitrogens is 4. The molecule has 4 heterocycles. The number of nitrogens with zero attached hydrogens (tertiary/aromatic N) is 5. The first kappa shape index (κ1) is 22.3. The largest absolute Gasteiger partial charge is 0.331 e. The number of piperidine rings is 1. The van der Waals surface area contributed by atoms with E-state index in [4.69, 9.17) is 4.98 Å². The number of carbonyl (C=O) groups is 2. The predicted molar refractivity (Wildman–Crippen MR) is 133 cm³/mol. The second-order valence-electron chi connectivity index (χ2n) is 8.36. The van der Waals surface area contributed by atoms with Crippen LogP contribution >= 0.6 is 0 Å². The summed E-state index contributed by atoms with van der Waals surface area (Å²) in [6.45, 7) is 2.97. The van der Waals surface area contributed by atoms with Gasteiger partial charge in [-0.2, -0.15) is 0 Å². The van der Waals surface area contributed by atoms with Crippen molar-refractivity contribution < 1.29 is 9.59 Å². The summed E-state index contributed by atoms with van der Waals surface area (Å²) < 4.78 is 2.05. The van der Waals surface area contributed by atoms with E-state index in [1.165, 1.54) is 0 Å². The number of hydrogen-bond donors (Lipinski definition) is 1. The SMILES string of the molecule is CC#CC(=O)N1CCCC(c2nc(-c3ccc(C(=O)Nc4ccccn4)cc3)c3cnccn23)C1. The fourth-order valence-corrected chi connectivity index (χ4v) is 4.43. The predicted octanol–water partition coefficient (Wildman–Crippen LogP) is 3.77. The summed E-state index contributed by atoms with van der Waals surface area (Å²) in [5, 5.41) is 2.79. The van der Waals surface area contributed by atoms with Crippen LogP contribution in [-0.4, -0.2) is 49.2 Å². The monoisotopic (exact) mass is 464 g/mol. The fourth-order valence-electron chi connectivity index (χ4n) is 4.43. The fraction of sp³-hybridized carbons (Fsp3) is 0.222. The zero-order valence-electron chi connectivity index (χ0n) is 19.3. The van der Waals surface area contributed by atoms with Crippen LogP contribution < -0.4 is 5.32 Å². The van der Waals surface area contributed by atoms with Gasteiger partial charge in [-0.05, 0) is 50.0 Å². The molecular weight excluding hydrogens is 440 g/mol. The van der Waals surface area contributed by atoms with Gasteiger partial charge in [-0.1, -0.05) is 24.1 Å². The number of pyridine rings is 1. The maximum Gasteiger partial charge on any atom is 0.298 e. The standard InChI is InChI=1S/C27H24N6O2/c1-2-6-24(34)32-15-5-7-21(18-32)26-31-25(22-17-28-14-16-33(22)26)19-9-11-20(12-10-19)27(35)30-23-8-3-4-13-29-23/h3-4,8-14,16-17,21H,5,7,15,18H2,1H3,(H,29,30,35). The van der Waals surface area contributed by atoms with Gasteiger partial charge in [0.15, 0.2) is 0 Å². The molecule has 0 spiro atoms. The molecule has 1 fully saturated rings. The second-order valence-corrected chi connectivity index (χ2v) is 8.36. The molecule has 0 aliphatic carbocycles. The third-order valence-corrected chi connectivity index (χ3v) is 6.11. The number of anilines is 1. The van der Waals surface area contributed by atoms with Gasteiger partial charge in [0.1, 0.15) is 11.6 Å². The Hall–Kier alpha value is -4.51. The molecule has 1 aliphatic rings. The maximum absolute atomic E-state index is 12.6. The highest BCUT2D eigenvalue weighted by molar-refractivity contribution is 6.04. The summed E-state index contributed by atoms with van der Waals surface area (Å²) in [6.07, 6.45) is 8.91. The van der Waals surface area contributed by atoms with Gasteiger partial charge in [0.25, 0.3) is 11.8 Å². The van der Waals surface area contributed by atoms with E-state index >= 15 is 0 Å². The molecule has 2 amide bonds. The Morgan fingerprint density at radius 2 is 1.97 bits per heavy atom. The molecule has 5 rings (SSSR count). The Kier molecular flexibility index (Phi) is 6.22. The number of benzene rings is 1. The van der Waals surface area contributed by atoms with Crippen LogP contribution in [0.25, 0.3) is 16.8 Å². The molecule has 1 atom stereocenters. The Labute approximate surface area is 203 Å². The molecule has 0 saturated carbocycles. The van der Waals surface area contributed by atoms with Crippen LogP contribution in [-0.2, 0) is 4.79 Å². The van der Waals surface area contributed by atoms with Crippen LogP contribution in [0.5, 0.6) is 0 Å². The first-order valence-electron chi connectivity index (χ1n) is 11.5. The number of nitrogens with one attached hydrogen (secondary N) is 1. The topological polar surface area (TPSA) is 92.5 Å². The smallest absolute Gasteiger partial charge is 0.298 e. The average molecular weight is 465 g/mol. The van der Waals surface area contributed by atoms with E-state index in [-0.39, 0.29) is 17.7 Å². The molecule has 8 nitrogen and oxygen atoms in total. The van der Waals surface area contributed by atoms with Gasteiger partial charge in [0.2, 0.25) is 0 Å². The van der Waals surface area contributed by atoms with Crippen molar-refractivity contribution in [3.8, 4) is 23.1 Å². The van der Waals surface area contributed by atoms with Crippen LogP contribution in [0.2, 0.25) is 0 Å². The molecule has 3 aromatic heterocycles. The molecule has 4 aromatic rings. The lowest BCUT2D eigenvalue weighted by Gasteiger charge is -2.30. The summed E-state index contributed by atoms with van der Waals surface area (Å²) in [7, 11) is 0. The Morgan fingerprint density at radius 3 is 2.74 bits per heavy atom. The first-order valence-corrected chi connectivity index (χ1v) is 11.5. The molecule has 8 heteroatoms. The molecule has 1 N–H and O–H groups in total. The van der Waals surface area contributed by atoms with E-state index in [0.717, 1.165) is 35.4 Å². The van der Waals surface area contributed by atoms with Gasteiger partial charge in [-0.3, -0.25) is 19.0 Å². The van der Waals surface area contributed by atoms with Crippen LogP contribution in [0.15, 0.2) is 67.3 Å². The first-order chi connectivity index (χ1) is 17.1. The van der Waals surface area contributed by atoms with E-state index in [9.17, 15) is 9.59 Å². The number of hydrogen-bond acceptors (Lipinski definition) is 5. The van der Waals surface area contributed by atoms with Crippen LogP contribution in [0.1, 0.15) is 41.9 Å². The van der Waals surface area contributed by atoms with Crippen molar-refractivity contribution in [2.45, 2.75) is 25.7 Å². The highest BCUT2D eigenvalue weighted by Gasteiger charge is 2.28. The molecular formula is C27H24N6O2. The van der Waals surface area contributed by atoms with Crippen molar-refractivity contribution in [1.82, 2.24) is 24.3 Å². The highest BCUT2D eigenvalue weighted by atomic mass is 16.2.